The van der Waals surface area contributed by atoms with Gasteiger partial charge in [-0.1, -0.05) is 12.1 Å². The lowest BCUT2D eigenvalue weighted by Gasteiger charge is -2.07. The molecular formula is C17H15NO2S. The van der Waals surface area contributed by atoms with Gasteiger partial charge in [0, 0.05) is 16.9 Å². The molecule has 0 unspecified atom stereocenters. The Morgan fingerprint density at radius 3 is 2.71 bits per heavy atom. The molecule has 0 saturated carbocycles. The number of ether oxygens (including phenoxy) is 1. The van der Waals surface area contributed by atoms with Crippen LogP contribution in [0.15, 0.2) is 53.9 Å². The SMILES string of the molecule is COC(=O)c1ccc(CNc2ccc3sccc3c2)cc1. The molecule has 3 nitrogen and oxygen atoms in total. The highest BCUT2D eigenvalue weighted by Crippen LogP contribution is 2.24. The Balaban J connectivity index is 1.67. The van der Waals surface area contributed by atoms with Crippen LogP contribution in [-0.4, -0.2) is 13.1 Å². The molecule has 106 valence electrons. The second-order valence-corrected chi connectivity index (χ2v) is 5.66. The first-order chi connectivity index (χ1) is 10.3. The number of anilines is 1. The minimum absolute atomic E-state index is 0.308. The van der Waals surface area contributed by atoms with Gasteiger partial charge in [0.1, 0.15) is 0 Å². The predicted molar refractivity (Wildman–Crippen MR) is 86.9 cm³/mol. The molecule has 0 fully saturated rings. The molecule has 1 aromatic heterocycles. The summed E-state index contributed by atoms with van der Waals surface area (Å²) in [5.41, 5.74) is 2.78. The summed E-state index contributed by atoms with van der Waals surface area (Å²) in [5, 5.41) is 6.75. The Kier molecular flexibility index (Phi) is 3.88. The summed E-state index contributed by atoms with van der Waals surface area (Å²) in [6, 6.07) is 15.9. The second-order valence-electron chi connectivity index (χ2n) is 4.72. The van der Waals surface area contributed by atoms with E-state index >= 15 is 0 Å². The fraction of sp³-hybridized carbons (Fsp3) is 0.118. The first kappa shape index (κ1) is 13.6. The topological polar surface area (TPSA) is 38.3 Å². The Morgan fingerprint density at radius 1 is 1.14 bits per heavy atom. The zero-order valence-corrected chi connectivity index (χ0v) is 12.4. The van der Waals surface area contributed by atoms with Gasteiger partial charge in [0.2, 0.25) is 0 Å². The van der Waals surface area contributed by atoms with E-state index < -0.39 is 0 Å². The van der Waals surface area contributed by atoms with Crippen LogP contribution in [0.4, 0.5) is 5.69 Å². The van der Waals surface area contributed by atoms with E-state index in [2.05, 4.69) is 39.7 Å². The highest BCUT2D eigenvalue weighted by molar-refractivity contribution is 7.17. The zero-order valence-electron chi connectivity index (χ0n) is 11.6. The number of fused-ring (bicyclic) bond motifs is 1. The minimum atomic E-state index is -0.308. The van der Waals surface area contributed by atoms with Crippen LogP contribution in [0.3, 0.4) is 0 Å². The number of hydrogen-bond acceptors (Lipinski definition) is 4. The van der Waals surface area contributed by atoms with Gasteiger partial charge in [0.25, 0.3) is 0 Å². The molecule has 0 spiro atoms. The predicted octanol–water partition coefficient (Wildman–Crippen LogP) is 4.30. The molecule has 21 heavy (non-hydrogen) atoms. The maximum atomic E-state index is 11.4. The number of hydrogen-bond donors (Lipinski definition) is 1. The minimum Gasteiger partial charge on any atom is -0.465 e. The first-order valence-corrected chi connectivity index (χ1v) is 7.52. The molecule has 3 aromatic rings. The van der Waals surface area contributed by atoms with Crippen molar-refractivity contribution in [2.24, 2.45) is 0 Å². The molecule has 0 aliphatic rings. The van der Waals surface area contributed by atoms with E-state index in [9.17, 15) is 4.79 Å². The van der Waals surface area contributed by atoms with E-state index in [-0.39, 0.29) is 5.97 Å². The Labute approximate surface area is 127 Å². The van der Waals surface area contributed by atoms with E-state index in [1.165, 1.54) is 17.2 Å². The van der Waals surface area contributed by atoms with Crippen LogP contribution in [0.5, 0.6) is 0 Å². The largest absolute Gasteiger partial charge is 0.465 e. The third kappa shape index (κ3) is 3.06. The molecule has 0 aliphatic heterocycles. The quantitative estimate of drug-likeness (QED) is 0.730. The van der Waals surface area contributed by atoms with E-state index in [1.807, 2.05) is 12.1 Å². The standard InChI is InChI=1S/C17H15NO2S/c1-20-17(19)13-4-2-12(3-5-13)11-18-15-6-7-16-14(10-15)8-9-21-16/h2-10,18H,11H2,1H3. The Bertz CT molecular complexity index is 762. The van der Waals surface area contributed by atoms with E-state index in [0.29, 0.717) is 5.56 Å². The van der Waals surface area contributed by atoms with Crippen LogP contribution in [0.2, 0.25) is 0 Å². The second kappa shape index (κ2) is 5.97. The molecule has 0 atom stereocenters. The molecule has 1 N–H and O–H groups in total. The van der Waals surface area contributed by atoms with Gasteiger partial charge in [-0.15, -0.1) is 11.3 Å². The number of benzene rings is 2. The number of carbonyl (C=O) groups is 1. The van der Waals surface area contributed by atoms with Gasteiger partial charge in [-0.25, -0.2) is 4.79 Å². The highest BCUT2D eigenvalue weighted by Gasteiger charge is 2.04. The van der Waals surface area contributed by atoms with Crippen LogP contribution in [0.25, 0.3) is 10.1 Å². The van der Waals surface area contributed by atoms with Crippen molar-refractivity contribution < 1.29 is 9.53 Å². The molecule has 2 aromatic carbocycles. The van der Waals surface area contributed by atoms with Gasteiger partial charge in [-0.2, -0.15) is 0 Å². The Hall–Kier alpha value is -2.33. The van der Waals surface area contributed by atoms with Crippen molar-refractivity contribution in [1.82, 2.24) is 0 Å². The fourth-order valence-corrected chi connectivity index (χ4v) is 2.93. The molecule has 0 aliphatic carbocycles. The van der Waals surface area contributed by atoms with Crippen molar-refractivity contribution in [2.45, 2.75) is 6.54 Å². The third-order valence-electron chi connectivity index (χ3n) is 3.32. The van der Waals surface area contributed by atoms with Crippen molar-refractivity contribution >= 4 is 33.1 Å². The monoisotopic (exact) mass is 297 g/mol. The zero-order chi connectivity index (χ0) is 14.7. The summed E-state index contributed by atoms with van der Waals surface area (Å²) >= 11 is 1.75. The Morgan fingerprint density at radius 2 is 1.95 bits per heavy atom. The van der Waals surface area contributed by atoms with Gasteiger partial charge in [0.15, 0.2) is 0 Å². The third-order valence-corrected chi connectivity index (χ3v) is 4.22. The lowest BCUT2D eigenvalue weighted by molar-refractivity contribution is 0.0600. The molecule has 0 bridgehead atoms. The maximum Gasteiger partial charge on any atom is 0.337 e. The van der Waals surface area contributed by atoms with Gasteiger partial charge in [0.05, 0.1) is 12.7 Å². The van der Waals surface area contributed by atoms with Crippen molar-refractivity contribution in [3.8, 4) is 0 Å². The molecule has 4 heteroatoms. The number of carbonyl (C=O) groups excluding carboxylic acids is 1. The lowest BCUT2D eigenvalue weighted by atomic mass is 10.1. The average Bonchev–Trinajstić information content (AvgIpc) is 3.00. The van der Waals surface area contributed by atoms with E-state index in [0.717, 1.165) is 17.8 Å². The summed E-state index contributed by atoms with van der Waals surface area (Å²) in [5.74, 6) is -0.308. The van der Waals surface area contributed by atoms with Crippen LogP contribution < -0.4 is 5.32 Å². The van der Waals surface area contributed by atoms with Crippen molar-refractivity contribution in [3.63, 3.8) is 0 Å². The summed E-state index contributed by atoms with van der Waals surface area (Å²) < 4.78 is 5.98. The van der Waals surface area contributed by atoms with Crippen LogP contribution in [-0.2, 0) is 11.3 Å². The normalized spacial score (nSPS) is 10.5. The van der Waals surface area contributed by atoms with Gasteiger partial charge < -0.3 is 10.1 Å². The van der Waals surface area contributed by atoms with Crippen LogP contribution in [0, 0.1) is 0 Å². The molecule has 1 heterocycles. The maximum absolute atomic E-state index is 11.4. The molecule has 3 rings (SSSR count). The lowest BCUT2D eigenvalue weighted by Crippen LogP contribution is -2.03. The van der Waals surface area contributed by atoms with Crippen molar-refractivity contribution in [1.29, 1.82) is 0 Å². The van der Waals surface area contributed by atoms with Crippen LogP contribution in [0.1, 0.15) is 15.9 Å². The smallest absolute Gasteiger partial charge is 0.337 e. The summed E-state index contributed by atoms with van der Waals surface area (Å²) in [4.78, 5) is 11.4. The van der Waals surface area contributed by atoms with Crippen LogP contribution >= 0.6 is 11.3 Å². The van der Waals surface area contributed by atoms with Gasteiger partial charge in [-0.05, 0) is 52.7 Å². The average molecular weight is 297 g/mol. The van der Waals surface area contributed by atoms with E-state index in [1.54, 1.807) is 23.5 Å². The van der Waals surface area contributed by atoms with Crippen molar-refractivity contribution in [3.05, 3.63) is 65.0 Å². The van der Waals surface area contributed by atoms with Crippen molar-refractivity contribution in [2.75, 3.05) is 12.4 Å². The molecule has 0 radical (unpaired) electrons. The summed E-state index contributed by atoms with van der Waals surface area (Å²) in [6.45, 7) is 0.719. The molecule has 0 saturated heterocycles. The number of methoxy groups -OCH3 is 1. The highest BCUT2D eigenvalue weighted by atomic mass is 32.1. The molecular weight excluding hydrogens is 282 g/mol. The summed E-state index contributed by atoms with van der Waals surface area (Å²) in [6.07, 6.45) is 0. The summed E-state index contributed by atoms with van der Waals surface area (Å²) in [7, 11) is 1.39. The number of nitrogens with one attached hydrogen (secondary N) is 1. The van der Waals surface area contributed by atoms with Gasteiger partial charge in [-0.3, -0.25) is 0 Å². The fourth-order valence-electron chi connectivity index (χ4n) is 2.16. The van der Waals surface area contributed by atoms with Gasteiger partial charge >= 0.3 is 5.97 Å². The molecule has 0 amide bonds. The number of rotatable bonds is 4. The van der Waals surface area contributed by atoms with E-state index in [4.69, 9.17) is 0 Å². The number of thiophene rings is 1. The first-order valence-electron chi connectivity index (χ1n) is 6.64. The number of esters is 1.